The number of aliphatic imine (C=N–C) groups is 1. The molecule has 1 N–H and O–H groups in total. The van der Waals surface area contributed by atoms with Crippen LogP contribution in [0.4, 0.5) is 5.69 Å². The summed E-state index contributed by atoms with van der Waals surface area (Å²) in [6.45, 7) is 0. The number of aromatic nitrogens is 1. The second-order valence-corrected chi connectivity index (χ2v) is 4.69. The summed E-state index contributed by atoms with van der Waals surface area (Å²) in [6, 6.07) is 16.4. The highest BCUT2D eigenvalue weighted by molar-refractivity contribution is 6.32. The second-order valence-electron chi connectivity index (χ2n) is 4.34. The van der Waals surface area contributed by atoms with Gasteiger partial charge in [-0.3, -0.25) is 4.99 Å². The van der Waals surface area contributed by atoms with Crippen LogP contribution < -0.4 is 0 Å². The van der Waals surface area contributed by atoms with Gasteiger partial charge in [0.1, 0.15) is 10.9 Å². The molecule has 98 valence electrons. The van der Waals surface area contributed by atoms with E-state index in [9.17, 15) is 5.11 Å². The van der Waals surface area contributed by atoms with E-state index in [4.69, 9.17) is 11.6 Å². The van der Waals surface area contributed by atoms with Crippen molar-refractivity contribution in [3.63, 3.8) is 0 Å². The number of aromatic hydroxyl groups is 1. The van der Waals surface area contributed by atoms with E-state index in [1.807, 2.05) is 30.3 Å². The Labute approximate surface area is 121 Å². The summed E-state index contributed by atoms with van der Waals surface area (Å²) < 4.78 is 0. The first-order valence-electron chi connectivity index (χ1n) is 6.11. The maximum absolute atomic E-state index is 9.22. The van der Waals surface area contributed by atoms with Crippen LogP contribution in [0.3, 0.4) is 0 Å². The Morgan fingerprint density at radius 3 is 2.60 bits per heavy atom. The fourth-order valence-electron chi connectivity index (χ4n) is 1.88. The standard InChI is InChI=1S/C16H11ClN2O/c17-16-12(9-11-3-1-2-4-15(11)19-16)10-18-13-5-7-14(20)8-6-13/h1-10,20H. The van der Waals surface area contributed by atoms with E-state index in [0.717, 1.165) is 22.2 Å². The summed E-state index contributed by atoms with van der Waals surface area (Å²) in [4.78, 5) is 8.66. The Bertz CT molecular complexity index is 782. The van der Waals surface area contributed by atoms with Gasteiger partial charge in [0.2, 0.25) is 0 Å². The van der Waals surface area contributed by atoms with Crippen molar-refractivity contribution in [3.05, 3.63) is 65.3 Å². The van der Waals surface area contributed by atoms with Crippen molar-refractivity contribution in [1.82, 2.24) is 4.98 Å². The summed E-state index contributed by atoms with van der Waals surface area (Å²) in [5.41, 5.74) is 2.37. The molecule has 0 unspecified atom stereocenters. The van der Waals surface area contributed by atoms with E-state index in [1.165, 1.54) is 0 Å². The number of nitrogens with zero attached hydrogens (tertiary/aromatic N) is 2. The Balaban J connectivity index is 1.97. The summed E-state index contributed by atoms with van der Waals surface area (Å²) >= 11 is 6.15. The fraction of sp³-hybridized carbons (Fsp3) is 0. The molecular formula is C16H11ClN2O. The monoisotopic (exact) mass is 282 g/mol. The summed E-state index contributed by atoms with van der Waals surface area (Å²) in [7, 11) is 0. The average Bonchev–Trinajstić information content (AvgIpc) is 2.47. The SMILES string of the molecule is Oc1ccc(N=Cc2cc3ccccc3nc2Cl)cc1. The van der Waals surface area contributed by atoms with Crippen molar-refractivity contribution in [1.29, 1.82) is 0 Å². The Hall–Kier alpha value is -2.39. The molecule has 0 fully saturated rings. The number of phenolic OH excluding ortho intramolecular Hbond substituents is 1. The number of fused-ring (bicyclic) bond motifs is 1. The molecule has 1 aromatic heterocycles. The van der Waals surface area contributed by atoms with E-state index in [1.54, 1.807) is 30.5 Å². The van der Waals surface area contributed by atoms with Crippen LogP contribution in [-0.4, -0.2) is 16.3 Å². The zero-order chi connectivity index (χ0) is 13.9. The van der Waals surface area contributed by atoms with Crippen LogP contribution in [0.25, 0.3) is 10.9 Å². The molecule has 3 nitrogen and oxygen atoms in total. The lowest BCUT2D eigenvalue weighted by atomic mass is 10.2. The van der Waals surface area contributed by atoms with Crippen molar-refractivity contribution >= 4 is 34.4 Å². The number of rotatable bonds is 2. The Morgan fingerprint density at radius 1 is 1.05 bits per heavy atom. The largest absolute Gasteiger partial charge is 0.508 e. The van der Waals surface area contributed by atoms with Crippen molar-refractivity contribution in [3.8, 4) is 5.75 Å². The molecule has 0 spiro atoms. The average molecular weight is 283 g/mol. The third kappa shape index (κ3) is 2.63. The number of benzene rings is 2. The first-order chi connectivity index (χ1) is 9.72. The lowest BCUT2D eigenvalue weighted by Crippen LogP contribution is -1.88. The summed E-state index contributed by atoms with van der Waals surface area (Å²) in [5, 5.41) is 10.7. The first kappa shape index (κ1) is 12.6. The number of hydrogen-bond donors (Lipinski definition) is 1. The second kappa shape index (κ2) is 5.31. The molecule has 3 rings (SSSR count). The van der Waals surface area contributed by atoms with E-state index >= 15 is 0 Å². The number of phenols is 1. The minimum absolute atomic E-state index is 0.217. The topological polar surface area (TPSA) is 45.5 Å². The molecule has 0 radical (unpaired) electrons. The zero-order valence-electron chi connectivity index (χ0n) is 10.5. The van der Waals surface area contributed by atoms with Crippen molar-refractivity contribution in [2.45, 2.75) is 0 Å². The third-order valence-electron chi connectivity index (χ3n) is 2.91. The number of para-hydroxylation sites is 1. The first-order valence-corrected chi connectivity index (χ1v) is 6.48. The van der Waals surface area contributed by atoms with Gasteiger partial charge < -0.3 is 5.11 Å². The maximum atomic E-state index is 9.22. The van der Waals surface area contributed by atoms with E-state index in [-0.39, 0.29) is 5.75 Å². The number of pyridine rings is 1. The Morgan fingerprint density at radius 2 is 1.80 bits per heavy atom. The molecule has 0 amide bonds. The molecule has 0 aliphatic carbocycles. The van der Waals surface area contributed by atoms with Crippen molar-refractivity contribution in [2.24, 2.45) is 4.99 Å². The van der Waals surface area contributed by atoms with Gasteiger partial charge in [-0.2, -0.15) is 0 Å². The van der Waals surface area contributed by atoms with Crippen LogP contribution in [0, 0.1) is 0 Å². The molecule has 1 heterocycles. The van der Waals surface area contributed by atoms with Crippen LogP contribution in [0.15, 0.2) is 59.6 Å². The quantitative estimate of drug-likeness (QED) is 0.561. The van der Waals surface area contributed by atoms with Gasteiger partial charge in [0, 0.05) is 17.2 Å². The van der Waals surface area contributed by atoms with Crippen molar-refractivity contribution in [2.75, 3.05) is 0 Å². The van der Waals surface area contributed by atoms with E-state index in [0.29, 0.717) is 5.15 Å². The molecule has 0 saturated heterocycles. The fourth-order valence-corrected chi connectivity index (χ4v) is 2.08. The third-order valence-corrected chi connectivity index (χ3v) is 3.21. The van der Waals surface area contributed by atoms with Crippen LogP contribution in [0.1, 0.15) is 5.56 Å². The van der Waals surface area contributed by atoms with Gasteiger partial charge >= 0.3 is 0 Å². The molecule has 0 saturated carbocycles. The van der Waals surface area contributed by atoms with Crippen LogP contribution in [0.2, 0.25) is 5.15 Å². The molecule has 20 heavy (non-hydrogen) atoms. The molecular weight excluding hydrogens is 272 g/mol. The highest BCUT2D eigenvalue weighted by atomic mass is 35.5. The molecule has 4 heteroatoms. The summed E-state index contributed by atoms with van der Waals surface area (Å²) in [5.74, 6) is 0.217. The molecule has 0 atom stereocenters. The lowest BCUT2D eigenvalue weighted by molar-refractivity contribution is 0.475. The van der Waals surface area contributed by atoms with E-state index in [2.05, 4.69) is 9.98 Å². The van der Waals surface area contributed by atoms with Gasteiger partial charge in [-0.15, -0.1) is 0 Å². The maximum Gasteiger partial charge on any atom is 0.138 e. The van der Waals surface area contributed by atoms with Crippen LogP contribution >= 0.6 is 11.6 Å². The van der Waals surface area contributed by atoms with Crippen LogP contribution in [-0.2, 0) is 0 Å². The summed E-state index contributed by atoms with van der Waals surface area (Å²) in [6.07, 6.45) is 1.67. The van der Waals surface area contributed by atoms with Gasteiger partial charge in [0.25, 0.3) is 0 Å². The number of halogens is 1. The predicted molar refractivity (Wildman–Crippen MR) is 82.1 cm³/mol. The van der Waals surface area contributed by atoms with Gasteiger partial charge in [0.05, 0.1) is 11.2 Å². The van der Waals surface area contributed by atoms with Gasteiger partial charge in [-0.05, 0) is 36.4 Å². The van der Waals surface area contributed by atoms with Crippen LogP contribution in [0.5, 0.6) is 5.75 Å². The minimum Gasteiger partial charge on any atom is -0.508 e. The normalized spacial score (nSPS) is 11.2. The van der Waals surface area contributed by atoms with E-state index < -0.39 is 0 Å². The van der Waals surface area contributed by atoms with Crippen molar-refractivity contribution < 1.29 is 5.11 Å². The highest BCUT2D eigenvalue weighted by Gasteiger charge is 2.02. The molecule has 3 aromatic rings. The minimum atomic E-state index is 0.217. The van der Waals surface area contributed by atoms with Gasteiger partial charge in [-0.1, -0.05) is 29.8 Å². The smallest absolute Gasteiger partial charge is 0.138 e. The van der Waals surface area contributed by atoms with Gasteiger partial charge in [0.15, 0.2) is 0 Å². The molecule has 0 aliphatic rings. The molecule has 0 bridgehead atoms. The zero-order valence-corrected chi connectivity index (χ0v) is 11.2. The predicted octanol–water partition coefficient (Wildman–Crippen LogP) is 4.34. The highest BCUT2D eigenvalue weighted by Crippen LogP contribution is 2.21. The van der Waals surface area contributed by atoms with Gasteiger partial charge in [-0.25, -0.2) is 4.98 Å². The lowest BCUT2D eigenvalue weighted by Gasteiger charge is -2.01. The number of hydrogen-bond acceptors (Lipinski definition) is 3. The molecule has 0 aliphatic heterocycles. The molecule has 2 aromatic carbocycles. The Kier molecular flexibility index (Phi) is 3.35.